The molecule has 1 aromatic heterocycles. The largest absolute Gasteiger partial charge is 0.496 e. The third-order valence-corrected chi connectivity index (χ3v) is 4.96. The van der Waals surface area contributed by atoms with E-state index in [1.54, 1.807) is 13.3 Å². The molecule has 0 unspecified atom stereocenters. The van der Waals surface area contributed by atoms with E-state index in [0.717, 1.165) is 36.4 Å². The van der Waals surface area contributed by atoms with Gasteiger partial charge in [-0.15, -0.1) is 0 Å². The van der Waals surface area contributed by atoms with Crippen LogP contribution in [0.2, 0.25) is 0 Å². The van der Waals surface area contributed by atoms with Crippen LogP contribution in [0.1, 0.15) is 42.3 Å². The number of aromatic nitrogens is 2. The van der Waals surface area contributed by atoms with Gasteiger partial charge in [-0.1, -0.05) is 13.0 Å². The second-order valence-corrected chi connectivity index (χ2v) is 6.82. The number of rotatable bonds is 7. The quantitative estimate of drug-likeness (QED) is 0.829. The molecule has 0 saturated carbocycles. The van der Waals surface area contributed by atoms with E-state index in [1.165, 1.54) is 17.5 Å². The highest BCUT2D eigenvalue weighted by Crippen LogP contribution is 2.29. The van der Waals surface area contributed by atoms with Gasteiger partial charge in [0, 0.05) is 38.1 Å². The number of benzene rings is 1. The number of methoxy groups -OCH3 is 1. The Balaban J connectivity index is 1.67. The van der Waals surface area contributed by atoms with Gasteiger partial charge in [-0.25, -0.2) is 9.78 Å². The molecule has 3 rings (SSSR count). The van der Waals surface area contributed by atoms with Gasteiger partial charge in [0.25, 0.3) is 0 Å². The minimum atomic E-state index is -0.0719. The van der Waals surface area contributed by atoms with Crippen LogP contribution < -0.4 is 10.1 Å². The molecule has 1 aromatic carbocycles. The average Bonchev–Trinajstić information content (AvgIpc) is 3.26. The van der Waals surface area contributed by atoms with Gasteiger partial charge in [0.1, 0.15) is 11.6 Å². The van der Waals surface area contributed by atoms with Crippen LogP contribution in [0.5, 0.6) is 5.75 Å². The summed E-state index contributed by atoms with van der Waals surface area (Å²) in [6.07, 6.45) is 7.98. The van der Waals surface area contributed by atoms with Crippen LogP contribution in [-0.2, 0) is 33.0 Å². The molecule has 0 fully saturated rings. The molecule has 0 spiro atoms. The number of carbonyl (C=O) groups excluding carboxylic acids is 1. The first-order valence-corrected chi connectivity index (χ1v) is 9.30. The van der Waals surface area contributed by atoms with Gasteiger partial charge in [-0.2, -0.15) is 0 Å². The van der Waals surface area contributed by atoms with E-state index >= 15 is 0 Å². The van der Waals surface area contributed by atoms with E-state index in [-0.39, 0.29) is 6.03 Å². The number of aryl methyl sites for hydroxylation is 3. The molecular formula is C20H28N4O2. The summed E-state index contributed by atoms with van der Waals surface area (Å²) >= 11 is 0. The van der Waals surface area contributed by atoms with Crippen molar-refractivity contribution < 1.29 is 9.53 Å². The van der Waals surface area contributed by atoms with Gasteiger partial charge >= 0.3 is 6.03 Å². The van der Waals surface area contributed by atoms with Crippen LogP contribution in [0.3, 0.4) is 0 Å². The third-order valence-electron chi connectivity index (χ3n) is 4.96. The minimum absolute atomic E-state index is 0.0719. The van der Waals surface area contributed by atoms with Crippen molar-refractivity contribution in [2.24, 2.45) is 7.05 Å². The Hall–Kier alpha value is -2.50. The minimum Gasteiger partial charge on any atom is -0.496 e. The highest BCUT2D eigenvalue weighted by atomic mass is 16.5. The van der Waals surface area contributed by atoms with E-state index in [2.05, 4.69) is 29.4 Å². The number of nitrogens with zero attached hydrogens (tertiary/aromatic N) is 3. The Kier molecular flexibility index (Phi) is 5.81. The molecule has 1 aliphatic rings. The highest BCUT2D eigenvalue weighted by molar-refractivity contribution is 5.74. The lowest BCUT2D eigenvalue weighted by molar-refractivity contribution is 0.192. The van der Waals surface area contributed by atoms with Crippen molar-refractivity contribution in [3.8, 4) is 5.75 Å². The lowest BCUT2D eigenvalue weighted by Gasteiger charge is -2.23. The zero-order chi connectivity index (χ0) is 18.5. The summed E-state index contributed by atoms with van der Waals surface area (Å²) in [5.41, 5.74) is 3.79. The first-order chi connectivity index (χ1) is 12.6. The summed E-state index contributed by atoms with van der Waals surface area (Å²) in [5.74, 6) is 1.74. The summed E-state index contributed by atoms with van der Waals surface area (Å²) in [4.78, 5) is 18.8. The van der Waals surface area contributed by atoms with E-state index in [0.29, 0.717) is 19.6 Å². The molecule has 1 aliphatic carbocycles. The zero-order valence-corrected chi connectivity index (χ0v) is 15.9. The second kappa shape index (κ2) is 8.25. The van der Waals surface area contributed by atoms with E-state index in [4.69, 9.17) is 4.74 Å². The average molecular weight is 356 g/mol. The monoisotopic (exact) mass is 356 g/mol. The van der Waals surface area contributed by atoms with Gasteiger partial charge in [0.2, 0.25) is 0 Å². The van der Waals surface area contributed by atoms with Crippen molar-refractivity contribution in [3.05, 3.63) is 47.0 Å². The van der Waals surface area contributed by atoms with Crippen LogP contribution in [-0.4, -0.2) is 34.1 Å². The molecule has 0 bridgehead atoms. The standard InChI is InChI=1S/C20H28N4O2/c1-4-9-24(14-19-21-8-10-23(19)2)20(25)22-13-17-11-15-6-5-7-16(15)12-18(17)26-3/h8,10-12H,4-7,9,13-14H2,1-3H3,(H,22,25). The summed E-state index contributed by atoms with van der Waals surface area (Å²) in [6, 6.07) is 4.24. The Morgan fingerprint density at radius 1 is 1.35 bits per heavy atom. The fourth-order valence-corrected chi connectivity index (χ4v) is 3.51. The molecule has 0 saturated heterocycles. The lowest BCUT2D eigenvalue weighted by atomic mass is 10.1. The smallest absolute Gasteiger partial charge is 0.318 e. The first kappa shape index (κ1) is 18.3. The number of amides is 2. The number of imidazole rings is 1. The maximum atomic E-state index is 12.7. The molecule has 2 amide bonds. The van der Waals surface area contributed by atoms with Crippen LogP contribution in [0.25, 0.3) is 0 Å². The number of carbonyl (C=O) groups is 1. The van der Waals surface area contributed by atoms with Crippen molar-refractivity contribution in [3.63, 3.8) is 0 Å². The number of hydrogen-bond donors (Lipinski definition) is 1. The highest BCUT2D eigenvalue weighted by Gasteiger charge is 2.18. The molecule has 1 heterocycles. The molecule has 1 N–H and O–H groups in total. The second-order valence-electron chi connectivity index (χ2n) is 6.82. The first-order valence-electron chi connectivity index (χ1n) is 9.30. The normalized spacial score (nSPS) is 12.7. The Morgan fingerprint density at radius 3 is 2.77 bits per heavy atom. The van der Waals surface area contributed by atoms with Crippen molar-refractivity contribution in [1.82, 2.24) is 19.8 Å². The zero-order valence-electron chi connectivity index (χ0n) is 15.9. The fourth-order valence-electron chi connectivity index (χ4n) is 3.51. The molecule has 6 heteroatoms. The van der Waals surface area contributed by atoms with Crippen molar-refractivity contribution in [2.75, 3.05) is 13.7 Å². The molecule has 26 heavy (non-hydrogen) atoms. The van der Waals surface area contributed by atoms with Crippen LogP contribution in [0.15, 0.2) is 24.5 Å². The molecular weight excluding hydrogens is 328 g/mol. The maximum Gasteiger partial charge on any atom is 0.318 e. The lowest BCUT2D eigenvalue weighted by Crippen LogP contribution is -2.40. The van der Waals surface area contributed by atoms with Gasteiger partial charge < -0.3 is 19.5 Å². The Bertz CT molecular complexity index is 769. The topological polar surface area (TPSA) is 59.4 Å². The number of fused-ring (bicyclic) bond motifs is 1. The van der Waals surface area contributed by atoms with Crippen molar-refractivity contribution >= 4 is 6.03 Å². The summed E-state index contributed by atoms with van der Waals surface area (Å²) in [6.45, 7) is 3.74. The summed E-state index contributed by atoms with van der Waals surface area (Å²) < 4.78 is 7.48. The molecule has 0 radical (unpaired) electrons. The molecule has 0 atom stereocenters. The van der Waals surface area contributed by atoms with Crippen molar-refractivity contribution in [1.29, 1.82) is 0 Å². The molecule has 6 nitrogen and oxygen atoms in total. The predicted octanol–water partition coefficient (Wildman–Crippen LogP) is 3.04. The van der Waals surface area contributed by atoms with Crippen molar-refractivity contribution in [2.45, 2.75) is 45.7 Å². The molecule has 0 aliphatic heterocycles. The molecule has 140 valence electrons. The molecule has 2 aromatic rings. The van der Waals surface area contributed by atoms with Gasteiger partial charge in [-0.3, -0.25) is 0 Å². The van der Waals surface area contributed by atoms with E-state index in [9.17, 15) is 4.79 Å². The Morgan fingerprint density at radius 2 is 2.12 bits per heavy atom. The number of nitrogens with one attached hydrogen (secondary N) is 1. The fraction of sp³-hybridized carbons (Fsp3) is 0.500. The SMILES string of the molecule is CCCN(Cc1nccn1C)C(=O)NCc1cc2c(cc1OC)CCC2. The van der Waals surface area contributed by atoms with Crippen LogP contribution in [0, 0.1) is 0 Å². The van der Waals surface area contributed by atoms with Crippen LogP contribution in [0.4, 0.5) is 4.79 Å². The van der Waals surface area contributed by atoms with Gasteiger partial charge in [0.15, 0.2) is 0 Å². The maximum absolute atomic E-state index is 12.7. The summed E-state index contributed by atoms with van der Waals surface area (Å²) in [7, 11) is 3.63. The van der Waals surface area contributed by atoms with Crippen LogP contribution >= 0.6 is 0 Å². The van der Waals surface area contributed by atoms with Gasteiger partial charge in [-0.05, 0) is 42.9 Å². The number of ether oxygens (including phenoxy) is 1. The van der Waals surface area contributed by atoms with Gasteiger partial charge in [0.05, 0.1) is 13.7 Å². The third kappa shape index (κ3) is 4.00. The number of urea groups is 1. The van der Waals surface area contributed by atoms with E-state index < -0.39 is 0 Å². The van der Waals surface area contributed by atoms with E-state index in [1.807, 2.05) is 22.7 Å². The number of hydrogen-bond acceptors (Lipinski definition) is 3. The Labute approximate surface area is 155 Å². The summed E-state index contributed by atoms with van der Waals surface area (Å²) in [5, 5.41) is 3.05. The predicted molar refractivity (Wildman–Crippen MR) is 101 cm³/mol.